The van der Waals surface area contributed by atoms with Gasteiger partial charge in [-0.3, -0.25) is 14.3 Å². The zero-order valence-corrected chi connectivity index (χ0v) is 11.0. The summed E-state index contributed by atoms with van der Waals surface area (Å²) in [5.74, 6) is -2.05. The SMILES string of the molecule is CCn1ncc2ccc(NC(=O)[C@@H]3C[C@@H]3C(=O)O)cc21. The highest BCUT2D eigenvalue weighted by Gasteiger charge is 2.48. The van der Waals surface area contributed by atoms with Crippen LogP contribution in [-0.2, 0) is 16.1 Å². The number of hydrogen-bond acceptors (Lipinski definition) is 3. The van der Waals surface area contributed by atoms with Crippen molar-refractivity contribution in [3.8, 4) is 0 Å². The van der Waals surface area contributed by atoms with Crippen LogP contribution in [0.15, 0.2) is 24.4 Å². The Morgan fingerprint density at radius 3 is 2.90 bits per heavy atom. The van der Waals surface area contributed by atoms with Crippen LogP contribution in [0.2, 0.25) is 0 Å². The minimum absolute atomic E-state index is 0.223. The first kappa shape index (κ1) is 12.7. The minimum atomic E-state index is -0.898. The van der Waals surface area contributed by atoms with Crippen LogP contribution >= 0.6 is 0 Å². The number of aromatic nitrogens is 2. The number of amides is 1. The van der Waals surface area contributed by atoms with E-state index in [-0.39, 0.29) is 5.91 Å². The fourth-order valence-corrected chi connectivity index (χ4v) is 2.39. The number of aryl methyl sites for hydroxylation is 1. The van der Waals surface area contributed by atoms with Gasteiger partial charge in [0.2, 0.25) is 5.91 Å². The third kappa shape index (κ3) is 2.13. The number of aliphatic carboxylic acids is 1. The van der Waals surface area contributed by atoms with E-state index in [1.165, 1.54) is 0 Å². The Bertz CT molecular complexity index is 692. The number of rotatable bonds is 4. The molecule has 1 amide bonds. The lowest BCUT2D eigenvalue weighted by Gasteiger charge is -2.05. The zero-order valence-electron chi connectivity index (χ0n) is 11.0. The highest BCUT2D eigenvalue weighted by atomic mass is 16.4. The van der Waals surface area contributed by atoms with Crippen molar-refractivity contribution in [1.82, 2.24) is 9.78 Å². The summed E-state index contributed by atoms with van der Waals surface area (Å²) in [4.78, 5) is 22.7. The molecule has 6 nitrogen and oxygen atoms in total. The first-order chi connectivity index (χ1) is 9.60. The highest BCUT2D eigenvalue weighted by Crippen LogP contribution is 2.39. The monoisotopic (exact) mass is 273 g/mol. The molecule has 1 saturated carbocycles. The van der Waals surface area contributed by atoms with Crippen LogP contribution in [-0.4, -0.2) is 26.8 Å². The maximum Gasteiger partial charge on any atom is 0.307 e. The molecule has 0 unspecified atom stereocenters. The van der Waals surface area contributed by atoms with Crippen molar-refractivity contribution in [1.29, 1.82) is 0 Å². The topological polar surface area (TPSA) is 84.2 Å². The molecule has 0 bridgehead atoms. The molecule has 2 atom stereocenters. The fraction of sp³-hybridized carbons (Fsp3) is 0.357. The van der Waals surface area contributed by atoms with Crippen molar-refractivity contribution < 1.29 is 14.7 Å². The van der Waals surface area contributed by atoms with Gasteiger partial charge in [-0.1, -0.05) is 0 Å². The molecule has 1 fully saturated rings. The molecule has 1 heterocycles. The van der Waals surface area contributed by atoms with Gasteiger partial charge in [-0.05, 0) is 31.5 Å². The van der Waals surface area contributed by atoms with Gasteiger partial charge < -0.3 is 10.4 Å². The molecule has 0 saturated heterocycles. The normalized spacial score (nSPS) is 20.9. The summed E-state index contributed by atoms with van der Waals surface area (Å²) in [6.45, 7) is 2.75. The second kappa shape index (κ2) is 4.63. The van der Waals surface area contributed by atoms with Crippen LogP contribution in [0, 0.1) is 11.8 Å². The van der Waals surface area contributed by atoms with Gasteiger partial charge in [0, 0.05) is 17.6 Å². The van der Waals surface area contributed by atoms with Gasteiger partial charge in [0.25, 0.3) is 0 Å². The van der Waals surface area contributed by atoms with E-state index in [2.05, 4.69) is 10.4 Å². The third-order valence-corrected chi connectivity index (χ3v) is 3.66. The predicted molar refractivity (Wildman–Crippen MR) is 73.3 cm³/mol. The Morgan fingerprint density at radius 2 is 2.25 bits per heavy atom. The number of nitrogens with one attached hydrogen (secondary N) is 1. The summed E-state index contributed by atoms with van der Waals surface area (Å²) >= 11 is 0. The molecular weight excluding hydrogens is 258 g/mol. The second-order valence-electron chi connectivity index (χ2n) is 5.01. The van der Waals surface area contributed by atoms with E-state index in [0.29, 0.717) is 12.1 Å². The van der Waals surface area contributed by atoms with Gasteiger partial charge >= 0.3 is 5.97 Å². The molecule has 1 aromatic heterocycles. The molecule has 1 aromatic carbocycles. The lowest BCUT2D eigenvalue weighted by molar-refractivity contribution is -0.139. The summed E-state index contributed by atoms with van der Waals surface area (Å²) in [7, 11) is 0. The average Bonchev–Trinajstić information content (AvgIpc) is 3.14. The molecule has 2 aromatic rings. The van der Waals surface area contributed by atoms with Crippen LogP contribution in [0.1, 0.15) is 13.3 Å². The molecule has 1 aliphatic carbocycles. The number of carbonyl (C=O) groups excluding carboxylic acids is 1. The summed E-state index contributed by atoms with van der Waals surface area (Å²) in [5.41, 5.74) is 1.63. The molecule has 0 radical (unpaired) electrons. The molecule has 1 aliphatic rings. The number of hydrogen-bond donors (Lipinski definition) is 2. The number of carboxylic acid groups (broad SMARTS) is 1. The maximum absolute atomic E-state index is 11.9. The quantitative estimate of drug-likeness (QED) is 0.888. The number of benzene rings is 1. The number of carboxylic acids is 1. The molecule has 104 valence electrons. The lowest BCUT2D eigenvalue weighted by Crippen LogP contribution is -2.16. The van der Waals surface area contributed by atoms with Gasteiger partial charge in [-0.15, -0.1) is 0 Å². The van der Waals surface area contributed by atoms with Crippen LogP contribution in [0.3, 0.4) is 0 Å². The van der Waals surface area contributed by atoms with E-state index >= 15 is 0 Å². The van der Waals surface area contributed by atoms with Crippen molar-refractivity contribution in [3.63, 3.8) is 0 Å². The molecular formula is C14H15N3O3. The number of anilines is 1. The van der Waals surface area contributed by atoms with Crippen molar-refractivity contribution >= 4 is 28.5 Å². The number of nitrogens with zero attached hydrogens (tertiary/aromatic N) is 2. The summed E-state index contributed by atoms with van der Waals surface area (Å²) in [6.07, 6.45) is 2.21. The van der Waals surface area contributed by atoms with Gasteiger partial charge in [-0.25, -0.2) is 0 Å². The van der Waals surface area contributed by atoms with Gasteiger partial charge in [0.1, 0.15) is 0 Å². The van der Waals surface area contributed by atoms with E-state index in [9.17, 15) is 9.59 Å². The minimum Gasteiger partial charge on any atom is -0.481 e. The molecule has 3 rings (SSSR count). The van der Waals surface area contributed by atoms with Crippen LogP contribution < -0.4 is 5.32 Å². The standard InChI is InChI=1S/C14H15N3O3/c1-2-17-12-5-9(4-3-8(12)7-15-17)16-13(18)10-6-11(10)14(19)20/h3-5,7,10-11H,2,6H2,1H3,(H,16,18)(H,19,20)/t10-,11+/m1/s1. The van der Waals surface area contributed by atoms with Gasteiger partial charge in [-0.2, -0.15) is 5.10 Å². The first-order valence-electron chi connectivity index (χ1n) is 6.59. The fourth-order valence-electron chi connectivity index (χ4n) is 2.39. The molecule has 20 heavy (non-hydrogen) atoms. The number of carbonyl (C=O) groups is 2. The van der Waals surface area contributed by atoms with Gasteiger partial charge in [0.15, 0.2) is 0 Å². The molecule has 2 N–H and O–H groups in total. The van der Waals surface area contributed by atoms with Crippen molar-refractivity contribution in [2.24, 2.45) is 11.8 Å². The summed E-state index contributed by atoms with van der Waals surface area (Å²) < 4.78 is 1.85. The van der Waals surface area contributed by atoms with Crippen LogP contribution in [0.5, 0.6) is 0 Å². The molecule has 6 heteroatoms. The Labute approximate surface area is 115 Å². The second-order valence-corrected chi connectivity index (χ2v) is 5.01. The summed E-state index contributed by atoms with van der Waals surface area (Å²) in [5, 5.41) is 16.9. The van der Waals surface area contributed by atoms with Crippen LogP contribution in [0.25, 0.3) is 10.9 Å². The van der Waals surface area contributed by atoms with Crippen molar-refractivity contribution in [2.45, 2.75) is 19.9 Å². The lowest BCUT2D eigenvalue weighted by atomic mass is 10.2. The molecule has 0 aliphatic heterocycles. The Kier molecular flexibility index (Phi) is 2.93. The summed E-state index contributed by atoms with van der Waals surface area (Å²) in [6, 6.07) is 5.56. The zero-order chi connectivity index (χ0) is 14.3. The third-order valence-electron chi connectivity index (χ3n) is 3.66. The smallest absolute Gasteiger partial charge is 0.307 e. The first-order valence-corrected chi connectivity index (χ1v) is 6.59. The van der Waals surface area contributed by atoms with E-state index in [4.69, 9.17) is 5.11 Å². The Morgan fingerprint density at radius 1 is 1.45 bits per heavy atom. The van der Waals surface area contributed by atoms with E-state index < -0.39 is 17.8 Å². The number of fused-ring (bicyclic) bond motifs is 1. The van der Waals surface area contributed by atoms with E-state index in [1.807, 2.05) is 23.7 Å². The highest BCUT2D eigenvalue weighted by molar-refractivity contribution is 5.99. The largest absolute Gasteiger partial charge is 0.481 e. The maximum atomic E-state index is 11.9. The average molecular weight is 273 g/mol. The van der Waals surface area contributed by atoms with Crippen molar-refractivity contribution in [3.05, 3.63) is 24.4 Å². The Hall–Kier alpha value is -2.37. The van der Waals surface area contributed by atoms with Crippen LogP contribution in [0.4, 0.5) is 5.69 Å². The van der Waals surface area contributed by atoms with Gasteiger partial charge in [0.05, 0.1) is 23.5 Å². The predicted octanol–water partition coefficient (Wildman–Crippen LogP) is 1.72. The van der Waals surface area contributed by atoms with E-state index in [0.717, 1.165) is 17.4 Å². The van der Waals surface area contributed by atoms with Crippen molar-refractivity contribution in [2.75, 3.05) is 5.32 Å². The Balaban J connectivity index is 1.78. The molecule has 0 spiro atoms. The van der Waals surface area contributed by atoms with E-state index in [1.54, 1.807) is 12.3 Å².